The fourth-order valence-electron chi connectivity index (χ4n) is 1.22. The van der Waals surface area contributed by atoms with Crippen LogP contribution in [0.1, 0.15) is 18.4 Å². The molecular weight excluding hydrogens is 169 g/mol. The van der Waals surface area contributed by atoms with Crippen LogP contribution in [0.3, 0.4) is 0 Å². The van der Waals surface area contributed by atoms with Gasteiger partial charge in [0.05, 0.1) is 0 Å². The van der Waals surface area contributed by atoms with Crippen LogP contribution in [0.5, 0.6) is 0 Å². The molecule has 1 atom stereocenters. The third kappa shape index (κ3) is 1.39. The van der Waals surface area contributed by atoms with Crippen molar-refractivity contribution in [2.75, 3.05) is 0 Å². The van der Waals surface area contributed by atoms with Crippen LogP contribution >= 0.6 is 7.80 Å². The molecule has 0 aromatic carbocycles. The van der Waals surface area contributed by atoms with E-state index in [2.05, 4.69) is 4.98 Å². The maximum atomic E-state index is 11.7. The van der Waals surface area contributed by atoms with Crippen LogP contribution < -0.4 is 5.30 Å². The summed E-state index contributed by atoms with van der Waals surface area (Å²) < 4.78 is 11.7. The second-order valence-corrected chi connectivity index (χ2v) is 5.08. The molecule has 0 radical (unpaired) electrons. The standard InChI is InChI=1S/C9H11NOP/c1-7-6-10-5-4-9(7)12(11)8-2-3-8/h4-6,8H,2-3H2,1H3/q+1. The SMILES string of the molecule is Cc1cnccc1[P+](=O)C1CC1. The molecule has 1 saturated carbocycles. The maximum Gasteiger partial charge on any atom is 0.380 e. The fourth-order valence-corrected chi connectivity index (χ4v) is 2.85. The largest absolute Gasteiger partial charge is 0.380 e. The molecule has 1 aromatic heterocycles. The molecule has 1 aliphatic carbocycles. The molecular formula is C9H11NOP+. The molecule has 2 rings (SSSR count). The minimum absolute atomic E-state index is 0.459. The van der Waals surface area contributed by atoms with E-state index >= 15 is 0 Å². The molecule has 62 valence electrons. The lowest BCUT2D eigenvalue weighted by atomic mass is 10.3. The van der Waals surface area contributed by atoms with E-state index in [1.807, 2.05) is 13.0 Å². The van der Waals surface area contributed by atoms with Crippen LogP contribution in [0.25, 0.3) is 0 Å². The normalized spacial score (nSPS) is 17.6. The van der Waals surface area contributed by atoms with E-state index in [0.717, 1.165) is 23.7 Å². The Kier molecular flexibility index (Phi) is 1.93. The van der Waals surface area contributed by atoms with Gasteiger partial charge in [-0.15, -0.1) is 0 Å². The smallest absolute Gasteiger partial charge is 0.264 e. The summed E-state index contributed by atoms with van der Waals surface area (Å²) in [6, 6.07) is 1.88. The Hall–Kier alpha value is -0.750. The van der Waals surface area contributed by atoms with E-state index in [-0.39, 0.29) is 0 Å². The predicted molar refractivity (Wildman–Crippen MR) is 49.2 cm³/mol. The summed E-state index contributed by atoms with van der Waals surface area (Å²) in [4.78, 5) is 3.98. The highest BCUT2D eigenvalue weighted by Crippen LogP contribution is 2.44. The van der Waals surface area contributed by atoms with E-state index in [0.29, 0.717) is 5.66 Å². The number of hydrogen-bond donors (Lipinski definition) is 0. The Morgan fingerprint density at radius 3 is 2.92 bits per heavy atom. The molecule has 0 spiro atoms. The third-order valence-electron chi connectivity index (χ3n) is 2.11. The van der Waals surface area contributed by atoms with Crippen LogP contribution in [0.2, 0.25) is 0 Å². The van der Waals surface area contributed by atoms with E-state index in [4.69, 9.17) is 0 Å². The number of hydrogen-bond acceptors (Lipinski definition) is 2. The summed E-state index contributed by atoms with van der Waals surface area (Å²) in [5.74, 6) is 0. The van der Waals surface area contributed by atoms with Gasteiger partial charge in [0.25, 0.3) is 0 Å². The van der Waals surface area contributed by atoms with Gasteiger partial charge in [0.2, 0.25) is 0 Å². The minimum atomic E-state index is -1.13. The lowest BCUT2D eigenvalue weighted by Gasteiger charge is -1.90. The Morgan fingerprint density at radius 2 is 2.33 bits per heavy atom. The van der Waals surface area contributed by atoms with Crippen molar-refractivity contribution in [1.29, 1.82) is 0 Å². The Balaban J connectivity index is 2.32. The van der Waals surface area contributed by atoms with Crippen molar-refractivity contribution < 1.29 is 4.57 Å². The number of nitrogens with zero attached hydrogens (tertiary/aromatic N) is 1. The second-order valence-electron chi connectivity index (χ2n) is 3.22. The van der Waals surface area contributed by atoms with Crippen LogP contribution in [-0.2, 0) is 4.57 Å². The van der Waals surface area contributed by atoms with Crippen molar-refractivity contribution in [3.8, 4) is 0 Å². The first kappa shape index (κ1) is 7.88. The third-order valence-corrected chi connectivity index (χ3v) is 4.26. The highest BCUT2D eigenvalue weighted by atomic mass is 31.1. The van der Waals surface area contributed by atoms with E-state index in [1.165, 1.54) is 0 Å². The van der Waals surface area contributed by atoms with Crippen molar-refractivity contribution >= 4 is 13.1 Å². The summed E-state index contributed by atoms with van der Waals surface area (Å²) in [5, 5.41) is 1.00. The molecule has 0 bridgehead atoms. The Bertz CT molecular complexity index is 320. The molecule has 2 nitrogen and oxygen atoms in total. The second kappa shape index (κ2) is 2.95. The Labute approximate surface area is 72.8 Å². The van der Waals surface area contributed by atoms with Gasteiger partial charge in [-0.25, -0.2) is 0 Å². The number of pyridine rings is 1. The van der Waals surface area contributed by atoms with Gasteiger partial charge in [-0.1, -0.05) is 4.57 Å². The van der Waals surface area contributed by atoms with Crippen molar-refractivity contribution in [1.82, 2.24) is 4.98 Å². The number of aryl methyl sites for hydroxylation is 1. The summed E-state index contributed by atoms with van der Waals surface area (Å²) in [6.07, 6.45) is 5.77. The molecule has 1 aliphatic rings. The van der Waals surface area contributed by atoms with Crippen molar-refractivity contribution in [2.24, 2.45) is 0 Å². The highest BCUT2D eigenvalue weighted by Gasteiger charge is 2.43. The molecule has 12 heavy (non-hydrogen) atoms. The van der Waals surface area contributed by atoms with Gasteiger partial charge in [-0.05, 0) is 19.8 Å². The van der Waals surface area contributed by atoms with E-state index in [9.17, 15) is 4.57 Å². The predicted octanol–water partition coefficient (Wildman–Crippen LogP) is 2.01. The summed E-state index contributed by atoms with van der Waals surface area (Å²) >= 11 is 0. The van der Waals surface area contributed by atoms with Gasteiger partial charge < -0.3 is 0 Å². The van der Waals surface area contributed by atoms with Gasteiger partial charge in [0.15, 0.2) is 11.0 Å². The first-order chi connectivity index (χ1) is 5.79. The molecule has 0 saturated heterocycles. The zero-order chi connectivity index (χ0) is 8.55. The van der Waals surface area contributed by atoms with Crippen LogP contribution in [0, 0.1) is 6.92 Å². The van der Waals surface area contributed by atoms with Gasteiger partial charge >= 0.3 is 7.80 Å². The molecule has 1 aromatic rings. The lowest BCUT2D eigenvalue weighted by Crippen LogP contribution is -2.03. The summed E-state index contributed by atoms with van der Waals surface area (Å²) in [7, 11) is -1.13. The topological polar surface area (TPSA) is 30.0 Å². The maximum absolute atomic E-state index is 11.7. The Morgan fingerprint density at radius 1 is 1.58 bits per heavy atom. The van der Waals surface area contributed by atoms with Gasteiger partial charge in [-0.3, -0.25) is 4.98 Å². The average molecular weight is 180 g/mol. The van der Waals surface area contributed by atoms with Gasteiger partial charge in [0.1, 0.15) is 0 Å². The van der Waals surface area contributed by atoms with E-state index in [1.54, 1.807) is 12.4 Å². The molecule has 3 heteroatoms. The zero-order valence-electron chi connectivity index (χ0n) is 7.03. The first-order valence-electron chi connectivity index (χ1n) is 4.16. The lowest BCUT2D eigenvalue weighted by molar-refractivity contribution is 0.592. The van der Waals surface area contributed by atoms with Crippen LogP contribution in [0.4, 0.5) is 0 Å². The molecule has 0 N–H and O–H groups in total. The average Bonchev–Trinajstić information content (AvgIpc) is 2.86. The number of rotatable bonds is 2. The highest BCUT2D eigenvalue weighted by molar-refractivity contribution is 7.54. The van der Waals surface area contributed by atoms with Crippen molar-refractivity contribution in [3.05, 3.63) is 24.0 Å². The molecule has 1 heterocycles. The molecule has 0 aliphatic heterocycles. The van der Waals surface area contributed by atoms with Crippen molar-refractivity contribution in [2.45, 2.75) is 25.4 Å². The first-order valence-corrected chi connectivity index (χ1v) is 5.49. The van der Waals surface area contributed by atoms with Crippen LogP contribution in [0.15, 0.2) is 18.5 Å². The molecule has 1 unspecified atom stereocenters. The fraction of sp³-hybridized carbons (Fsp3) is 0.444. The summed E-state index contributed by atoms with van der Waals surface area (Å²) in [5.41, 5.74) is 1.52. The molecule has 0 amide bonds. The minimum Gasteiger partial charge on any atom is -0.264 e. The summed E-state index contributed by atoms with van der Waals surface area (Å²) in [6.45, 7) is 1.97. The quantitative estimate of drug-likeness (QED) is 0.651. The van der Waals surface area contributed by atoms with Crippen LogP contribution in [-0.4, -0.2) is 10.6 Å². The van der Waals surface area contributed by atoms with E-state index < -0.39 is 7.80 Å². The van der Waals surface area contributed by atoms with Gasteiger partial charge in [-0.2, -0.15) is 0 Å². The number of aromatic nitrogens is 1. The molecule has 1 fully saturated rings. The zero-order valence-corrected chi connectivity index (χ0v) is 7.92. The van der Waals surface area contributed by atoms with Crippen molar-refractivity contribution in [3.63, 3.8) is 0 Å². The van der Waals surface area contributed by atoms with Gasteiger partial charge in [0, 0.05) is 24.0 Å². The monoisotopic (exact) mass is 180 g/mol.